The van der Waals surface area contributed by atoms with Crippen LogP contribution in [0.3, 0.4) is 0 Å². The molecule has 1 rings (SSSR count). The molecule has 4 heteroatoms. The number of hydrogen-bond donors (Lipinski definition) is 1. The molecule has 0 aliphatic carbocycles. The van der Waals surface area contributed by atoms with Crippen LogP contribution in [0, 0.1) is 5.82 Å². The average molecular weight is 220 g/mol. The van der Waals surface area contributed by atoms with E-state index in [4.69, 9.17) is 5.11 Å². The van der Waals surface area contributed by atoms with E-state index < -0.39 is 0 Å². The molecule has 0 bridgehead atoms. The fourth-order valence-corrected chi connectivity index (χ4v) is 1.29. The van der Waals surface area contributed by atoms with Gasteiger partial charge in [-0.2, -0.15) is 0 Å². The van der Waals surface area contributed by atoms with E-state index in [1.807, 2.05) is 0 Å². The maximum atomic E-state index is 12.8. The monoisotopic (exact) mass is 219 g/mol. The molecule has 0 fully saturated rings. The maximum Gasteiger partial charge on any atom is 0.145 e. The Kier molecular flexibility index (Phi) is 2.96. The summed E-state index contributed by atoms with van der Waals surface area (Å²) < 4.78 is 13.4. The molecule has 0 saturated carbocycles. The molecule has 0 aliphatic rings. The molecule has 60 valence electrons. The van der Waals surface area contributed by atoms with Gasteiger partial charge in [0.15, 0.2) is 0 Å². The van der Waals surface area contributed by atoms with Crippen molar-refractivity contribution < 1.29 is 9.50 Å². The second kappa shape index (κ2) is 3.78. The largest absolute Gasteiger partial charge is 0.396 e. The van der Waals surface area contributed by atoms with Crippen LogP contribution in [-0.4, -0.2) is 16.7 Å². The van der Waals surface area contributed by atoms with Crippen molar-refractivity contribution in [1.29, 1.82) is 0 Å². The standard InChI is InChI=1S/C7H7BrFNO/c8-6-3-10-4-7(9)5(6)1-2-11/h3-4,11H,1-2H2. The lowest BCUT2D eigenvalue weighted by Gasteiger charge is -2.01. The van der Waals surface area contributed by atoms with Gasteiger partial charge in [-0.25, -0.2) is 4.39 Å². The van der Waals surface area contributed by atoms with Crippen molar-refractivity contribution in [1.82, 2.24) is 4.98 Å². The van der Waals surface area contributed by atoms with E-state index in [9.17, 15) is 4.39 Å². The summed E-state index contributed by atoms with van der Waals surface area (Å²) in [6, 6.07) is 0. The van der Waals surface area contributed by atoms with E-state index in [0.717, 1.165) is 6.20 Å². The lowest BCUT2D eigenvalue weighted by molar-refractivity contribution is 0.297. The highest BCUT2D eigenvalue weighted by Crippen LogP contribution is 2.17. The van der Waals surface area contributed by atoms with Gasteiger partial charge in [-0.3, -0.25) is 4.98 Å². The minimum absolute atomic E-state index is 0.0560. The Balaban J connectivity index is 3.00. The molecular weight excluding hydrogens is 213 g/mol. The fourth-order valence-electron chi connectivity index (χ4n) is 0.789. The average Bonchev–Trinajstić information content (AvgIpc) is 1.97. The summed E-state index contributed by atoms with van der Waals surface area (Å²) >= 11 is 3.13. The van der Waals surface area contributed by atoms with E-state index in [-0.39, 0.29) is 12.4 Å². The van der Waals surface area contributed by atoms with Crippen LogP contribution in [0.2, 0.25) is 0 Å². The van der Waals surface area contributed by atoms with E-state index >= 15 is 0 Å². The number of nitrogens with zero attached hydrogens (tertiary/aromatic N) is 1. The number of aromatic nitrogens is 1. The highest BCUT2D eigenvalue weighted by Gasteiger charge is 2.05. The normalized spacial score (nSPS) is 10.1. The van der Waals surface area contributed by atoms with Crippen molar-refractivity contribution in [2.24, 2.45) is 0 Å². The predicted molar refractivity (Wildman–Crippen MR) is 42.7 cm³/mol. The van der Waals surface area contributed by atoms with Crippen molar-refractivity contribution in [3.8, 4) is 0 Å². The minimum Gasteiger partial charge on any atom is -0.396 e. The van der Waals surface area contributed by atoms with Gasteiger partial charge in [0.1, 0.15) is 5.82 Å². The number of halogens is 2. The highest BCUT2D eigenvalue weighted by molar-refractivity contribution is 9.10. The first-order chi connectivity index (χ1) is 5.25. The Morgan fingerprint density at radius 3 is 2.82 bits per heavy atom. The summed E-state index contributed by atoms with van der Waals surface area (Å²) in [6.45, 7) is -0.0560. The topological polar surface area (TPSA) is 33.1 Å². The molecule has 2 nitrogen and oxygen atoms in total. The van der Waals surface area contributed by atoms with Crippen LogP contribution in [0.4, 0.5) is 4.39 Å². The summed E-state index contributed by atoms with van der Waals surface area (Å²) in [5.41, 5.74) is 0.475. The second-order valence-corrected chi connectivity index (χ2v) is 2.91. The number of aliphatic hydroxyl groups excluding tert-OH is 1. The minimum atomic E-state index is -0.381. The van der Waals surface area contributed by atoms with Gasteiger partial charge in [0.05, 0.1) is 6.20 Å². The molecule has 1 aromatic rings. The van der Waals surface area contributed by atoms with Crippen molar-refractivity contribution in [3.63, 3.8) is 0 Å². The van der Waals surface area contributed by atoms with E-state index in [1.165, 1.54) is 6.20 Å². The third kappa shape index (κ3) is 1.97. The molecule has 0 atom stereocenters. The molecule has 0 amide bonds. The van der Waals surface area contributed by atoms with Crippen LogP contribution in [0.5, 0.6) is 0 Å². The Bertz CT molecular complexity index is 234. The zero-order valence-corrected chi connectivity index (χ0v) is 7.31. The Hall–Kier alpha value is -0.480. The summed E-state index contributed by atoms with van der Waals surface area (Å²) in [4.78, 5) is 3.62. The van der Waals surface area contributed by atoms with Gasteiger partial charge in [-0.15, -0.1) is 0 Å². The van der Waals surface area contributed by atoms with Gasteiger partial charge < -0.3 is 5.11 Å². The first kappa shape index (κ1) is 8.62. The first-order valence-corrected chi connectivity index (χ1v) is 3.93. The third-order valence-corrected chi connectivity index (χ3v) is 2.00. The van der Waals surface area contributed by atoms with E-state index in [1.54, 1.807) is 0 Å². The number of pyridine rings is 1. The van der Waals surface area contributed by atoms with Crippen molar-refractivity contribution >= 4 is 15.9 Å². The maximum absolute atomic E-state index is 12.8. The Labute approximate surface area is 72.2 Å². The van der Waals surface area contributed by atoms with Crippen LogP contribution in [0.1, 0.15) is 5.56 Å². The molecule has 0 unspecified atom stereocenters. The van der Waals surface area contributed by atoms with Crippen molar-refractivity contribution in [2.45, 2.75) is 6.42 Å². The summed E-state index contributed by atoms with van der Waals surface area (Å²) in [7, 11) is 0. The molecule has 0 spiro atoms. The van der Waals surface area contributed by atoms with Crippen LogP contribution in [-0.2, 0) is 6.42 Å². The molecule has 0 radical (unpaired) electrons. The van der Waals surface area contributed by atoms with Gasteiger partial charge in [-0.1, -0.05) is 0 Å². The number of hydrogen-bond acceptors (Lipinski definition) is 2. The third-order valence-electron chi connectivity index (χ3n) is 1.31. The van der Waals surface area contributed by atoms with Crippen LogP contribution in [0.15, 0.2) is 16.9 Å². The SMILES string of the molecule is OCCc1c(F)cncc1Br. The smallest absolute Gasteiger partial charge is 0.145 e. The number of aliphatic hydroxyl groups is 1. The summed E-state index contributed by atoms with van der Waals surface area (Å²) in [5.74, 6) is -0.381. The first-order valence-electron chi connectivity index (χ1n) is 3.14. The van der Waals surface area contributed by atoms with Gasteiger partial charge in [0.2, 0.25) is 0 Å². The van der Waals surface area contributed by atoms with Gasteiger partial charge in [-0.05, 0) is 22.4 Å². The Morgan fingerprint density at radius 1 is 1.55 bits per heavy atom. The van der Waals surface area contributed by atoms with Crippen LogP contribution >= 0.6 is 15.9 Å². The summed E-state index contributed by atoms with van der Waals surface area (Å²) in [6.07, 6.45) is 2.96. The second-order valence-electron chi connectivity index (χ2n) is 2.06. The lowest BCUT2D eigenvalue weighted by Crippen LogP contribution is -1.96. The van der Waals surface area contributed by atoms with Crippen molar-refractivity contribution in [3.05, 3.63) is 28.2 Å². The molecule has 1 N–H and O–H groups in total. The molecule has 1 aromatic heterocycles. The highest BCUT2D eigenvalue weighted by atomic mass is 79.9. The fraction of sp³-hybridized carbons (Fsp3) is 0.286. The molecule has 0 saturated heterocycles. The van der Waals surface area contributed by atoms with Crippen LogP contribution in [0.25, 0.3) is 0 Å². The zero-order valence-electron chi connectivity index (χ0n) is 5.72. The van der Waals surface area contributed by atoms with E-state index in [0.29, 0.717) is 16.5 Å². The molecule has 0 aliphatic heterocycles. The van der Waals surface area contributed by atoms with Crippen molar-refractivity contribution in [2.75, 3.05) is 6.61 Å². The Morgan fingerprint density at radius 2 is 2.27 bits per heavy atom. The van der Waals surface area contributed by atoms with Crippen LogP contribution < -0.4 is 0 Å². The molecule has 0 aromatic carbocycles. The molecule has 11 heavy (non-hydrogen) atoms. The number of rotatable bonds is 2. The quantitative estimate of drug-likeness (QED) is 0.819. The molecule has 1 heterocycles. The van der Waals surface area contributed by atoms with Gasteiger partial charge in [0, 0.05) is 22.8 Å². The summed E-state index contributed by atoms with van der Waals surface area (Å²) in [5, 5.41) is 8.56. The van der Waals surface area contributed by atoms with Gasteiger partial charge in [0.25, 0.3) is 0 Å². The van der Waals surface area contributed by atoms with E-state index in [2.05, 4.69) is 20.9 Å². The zero-order chi connectivity index (χ0) is 8.27. The lowest BCUT2D eigenvalue weighted by atomic mass is 10.2. The predicted octanol–water partition coefficient (Wildman–Crippen LogP) is 1.52. The molecular formula is C7H7BrFNO. The van der Waals surface area contributed by atoms with Gasteiger partial charge >= 0.3 is 0 Å².